The summed E-state index contributed by atoms with van der Waals surface area (Å²) in [5, 5.41) is 13.5. The minimum Gasteiger partial charge on any atom is -0.358 e. The predicted octanol–water partition coefficient (Wildman–Crippen LogP) is 1.39. The van der Waals surface area contributed by atoms with Crippen molar-refractivity contribution in [2.24, 2.45) is 0 Å². The van der Waals surface area contributed by atoms with Crippen molar-refractivity contribution < 1.29 is 18.3 Å². The Morgan fingerprint density at radius 2 is 2.17 bits per heavy atom. The molecule has 9 nitrogen and oxygen atoms in total. The number of nitrogens with one attached hydrogen (secondary N) is 1. The highest BCUT2D eigenvalue weighted by Gasteiger charge is 2.22. The van der Waals surface area contributed by atoms with Crippen LogP contribution >= 0.6 is 15.9 Å². The molecular weight excluding hydrogens is 377 g/mol. The minimum absolute atomic E-state index is 0.0110. The maximum atomic E-state index is 13.4. The number of hydrogen-bond donors (Lipinski definition) is 1. The third-order valence-electron chi connectivity index (χ3n) is 2.82. The van der Waals surface area contributed by atoms with Gasteiger partial charge in [0.05, 0.1) is 16.7 Å². The Bertz CT molecular complexity index is 918. The van der Waals surface area contributed by atoms with E-state index in [0.29, 0.717) is 12.0 Å². The fraction of sp³-hybridized carbons (Fsp3) is 0.0833. The Hall–Kier alpha value is -2.82. The van der Waals surface area contributed by atoms with Crippen LogP contribution in [0.3, 0.4) is 0 Å². The van der Waals surface area contributed by atoms with Crippen LogP contribution < -0.4 is 11.1 Å². The van der Waals surface area contributed by atoms with Crippen molar-refractivity contribution in [3.8, 4) is 17.2 Å². The van der Waals surface area contributed by atoms with Gasteiger partial charge in [-0.15, -0.1) is 0 Å². The van der Waals surface area contributed by atoms with E-state index in [0.717, 1.165) is 4.57 Å². The van der Waals surface area contributed by atoms with Gasteiger partial charge in [0.25, 0.3) is 0 Å². The molecule has 0 unspecified atom stereocenters. The molecule has 0 saturated heterocycles. The number of halogens is 2. The highest BCUT2D eigenvalue weighted by Crippen LogP contribution is 2.25. The maximum Gasteiger partial charge on any atom is 0.446 e. The Labute approximate surface area is 135 Å². The second-order valence-corrected chi connectivity index (χ2v) is 5.07. The first-order valence-corrected chi connectivity index (χ1v) is 6.95. The molecule has 3 aromatic rings. The van der Waals surface area contributed by atoms with Gasteiger partial charge < -0.3 is 10.1 Å². The van der Waals surface area contributed by atoms with Crippen LogP contribution in [0.25, 0.3) is 17.2 Å². The van der Waals surface area contributed by atoms with Crippen molar-refractivity contribution in [2.75, 3.05) is 11.9 Å². The van der Waals surface area contributed by atoms with Gasteiger partial charge in [0.15, 0.2) is 5.69 Å². The molecule has 0 amide bonds. The second kappa shape index (κ2) is 6.12. The molecule has 0 saturated carbocycles. The van der Waals surface area contributed by atoms with Gasteiger partial charge in [-0.05, 0) is 44.4 Å². The largest absolute Gasteiger partial charge is 0.446 e. The molecule has 0 bridgehead atoms. The zero-order chi connectivity index (χ0) is 16.4. The van der Waals surface area contributed by atoms with Gasteiger partial charge in [-0.3, -0.25) is 4.52 Å². The lowest BCUT2D eigenvalue weighted by atomic mass is 10.3. The summed E-state index contributed by atoms with van der Waals surface area (Å²) in [4.78, 5) is 22.4. The summed E-state index contributed by atoms with van der Waals surface area (Å²) < 4.78 is 23.8. The second-order valence-electron chi connectivity index (χ2n) is 4.21. The molecule has 0 atom stereocenters. The molecule has 118 valence electrons. The van der Waals surface area contributed by atoms with Gasteiger partial charge in [0.2, 0.25) is 11.6 Å². The van der Waals surface area contributed by atoms with Crippen molar-refractivity contribution >= 4 is 28.0 Å². The summed E-state index contributed by atoms with van der Waals surface area (Å²) in [6.07, 6.45) is 0.616. The van der Waals surface area contributed by atoms with E-state index < -0.39 is 11.6 Å². The first kappa shape index (κ1) is 15.1. The summed E-state index contributed by atoms with van der Waals surface area (Å²) in [7, 11) is 0. The average molecular weight is 384 g/mol. The van der Waals surface area contributed by atoms with E-state index in [9.17, 15) is 14.0 Å². The summed E-state index contributed by atoms with van der Waals surface area (Å²) in [5.74, 6) is -1.19. The molecule has 0 aliphatic rings. The van der Waals surface area contributed by atoms with Crippen LogP contribution in [0, 0.1) is 5.82 Å². The van der Waals surface area contributed by atoms with Crippen molar-refractivity contribution in [3.05, 3.63) is 39.0 Å². The minimum atomic E-state index is -0.803. The van der Waals surface area contributed by atoms with E-state index in [1.54, 1.807) is 0 Å². The number of aldehydes is 1. The number of anilines is 1. The van der Waals surface area contributed by atoms with Crippen LogP contribution in [-0.4, -0.2) is 32.9 Å². The number of nitrogens with zero attached hydrogens (tertiary/aromatic N) is 4. The summed E-state index contributed by atoms with van der Waals surface area (Å²) >= 11 is 3.04. The van der Waals surface area contributed by atoms with Gasteiger partial charge >= 0.3 is 5.76 Å². The van der Waals surface area contributed by atoms with Crippen LogP contribution in [0.1, 0.15) is 0 Å². The van der Waals surface area contributed by atoms with E-state index in [4.69, 9.17) is 0 Å². The first-order valence-electron chi connectivity index (χ1n) is 6.16. The third kappa shape index (κ3) is 2.77. The Kier molecular flexibility index (Phi) is 4.02. The van der Waals surface area contributed by atoms with Crippen LogP contribution in [0.5, 0.6) is 0 Å². The fourth-order valence-electron chi connectivity index (χ4n) is 1.84. The van der Waals surface area contributed by atoms with E-state index >= 15 is 0 Å². The number of hydrogen-bond acceptors (Lipinski definition) is 8. The quantitative estimate of drug-likeness (QED) is 0.656. The fourth-order valence-corrected chi connectivity index (χ4v) is 2.21. The smallest absolute Gasteiger partial charge is 0.358 e. The lowest BCUT2D eigenvalue weighted by Crippen LogP contribution is -2.14. The van der Waals surface area contributed by atoms with Crippen molar-refractivity contribution in [1.29, 1.82) is 0 Å². The molecule has 23 heavy (non-hydrogen) atoms. The number of benzene rings is 1. The lowest BCUT2D eigenvalue weighted by Gasteiger charge is -2.04. The normalized spacial score (nSPS) is 10.7. The maximum absolute atomic E-state index is 13.4. The summed E-state index contributed by atoms with van der Waals surface area (Å²) in [6, 6.07) is 3.92. The first-order chi connectivity index (χ1) is 11.1. The van der Waals surface area contributed by atoms with Gasteiger partial charge in [-0.2, -0.15) is 0 Å². The zero-order valence-electron chi connectivity index (χ0n) is 11.2. The Morgan fingerprint density at radius 3 is 2.91 bits per heavy atom. The lowest BCUT2D eigenvalue weighted by molar-refractivity contribution is -0.106. The number of carbonyl (C=O) groups excluding carboxylic acids is 1. The number of aromatic nitrogens is 4. The van der Waals surface area contributed by atoms with Gasteiger partial charge in [0, 0.05) is 0 Å². The molecule has 1 aromatic carbocycles. The molecule has 0 spiro atoms. The topological polar surface area (TPSA) is 116 Å². The van der Waals surface area contributed by atoms with Gasteiger partial charge in [0.1, 0.15) is 12.1 Å². The molecule has 0 aliphatic heterocycles. The van der Waals surface area contributed by atoms with E-state index in [2.05, 4.69) is 45.9 Å². The summed E-state index contributed by atoms with van der Waals surface area (Å²) in [6.45, 7) is -0.0363. The van der Waals surface area contributed by atoms with Crippen LogP contribution in [-0.2, 0) is 4.79 Å². The van der Waals surface area contributed by atoms with E-state index in [-0.39, 0.29) is 28.4 Å². The molecular formula is C12H7BrFN5O4. The van der Waals surface area contributed by atoms with Crippen LogP contribution in [0.4, 0.5) is 10.2 Å². The molecule has 0 radical (unpaired) electrons. The molecule has 1 N–H and O–H groups in total. The van der Waals surface area contributed by atoms with Gasteiger partial charge in [-0.1, -0.05) is 5.16 Å². The number of rotatable bonds is 5. The van der Waals surface area contributed by atoms with Crippen LogP contribution in [0.15, 0.2) is 36.6 Å². The third-order valence-corrected chi connectivity index (χ3v) is 3.43. The molecule has 2 aromatic heterocycles. The number of carbonyl (C=O) groups is 1. The Morgan fingerprint density at radius 1 is 1.35 bits per heavy atom. The predicted molar refractivity (Wildman–Crippen MR) is 77.6 cm³/mol. The van der Waals surface area contributed by atoms with Crippen molar-refractivity contribution in [1.82, 2.24) is 20.0 Å². The van der Waals surface area contributed by atoms with Crippen molar-refractivity contribution in [3.63, 3.8) is 0 Å². The molecule has 0 aliphatic carbocycles. The molecule has 3 rings (SSSR count). The standard InChI is InChI=1S/C12H7BrFN5O4/c13-7-5-6(1-2-8(7)14)19-11(18-22-12(19)21)9-10(15-3-4-20)17-23-16-9/h1-2,4-5H,3H2,(H,15,17). The molecule has 0 fully saturated rings. The molecule has 11 heteroatoms. The Balaban J connectivity index is 2.12. The van der Waals surface area contributed by atoms with Crippen molar-refractivity contribution in [2.45, 2.75) is 0 Å². The van der Waals surface area contributed by atoms with E-state index in [1.165, 1.54) is 18.2 Å². The average Bonchev–Trinajstić information content (AvgIpc) is 3.14. The van der Waals surface area contributed by atoms with E-state index in [1.807, 2.05) is 0 Å². The van der Waals surface area contributed by atoms with Gasteiger partial charge in [-0.25, -0.2) is 18.4 Å². The zero-order valence-corrected chi connectivity index (χ0v) is 12.8. The summed E-state index contributed by atoms with van der Waals surface area (Å²) in [5.41, 5.74) is 0.363. The SMILES string of the molecule is O=CCNc1nonc1-c1noc(=O)n1-c1ccc(F)c(Br)c1. The monoisotopic (exact) mass is 383 g/mol. The molecule has 2 heterocycles. The van der Waals surface area contributed by atoms with Crippen LogP contribution in [0.2, 0.25) is 0 Å². The highest BCUT2D eigenvalue weighted by molar-refractivity contribution is 9.10. The highest BCUT2D eigenvalue weighted by atomic mass is 79.9.